The molecular weight excluding hydrogens is 304 g/mol. The minimum absolute atomic E-state index is 0.0605. The smallest absolute Gasteiger partial charge is 0.478 e. The van der Waals surface area contributed by atoms with Crippen molar-refractivity contribution >= 4 is 11.8 Å². The van der Waals surface area contributed by atoms with Gasteiger partial charge in [0.25, 0.3) is 5.69 Å². The lowest BCUT2D eigenvalue weighted by Gasteiger charge is -2.09. The molecule has 0 saturated carbocycles. The fourth-order valence-corrected chi connectivity index (χ4v) is 1.70. The van der Waals surface area contributed by atoms with Gasteiger partial charge in [-0.25, -0.2) is 9.78 Å². The van der Waals surface area contributed by atoms with Gasteiger partial charge in [-0.05, 0) is 31.2 Å². The Morgan fingerprint density at radius 3 is 2.65 bits per heavy atom. The number of aromatic nitrogens is 1. The second-order valence-corrected chi connectivity index (χ2v) is 4.29. The van der Waals surface area contributed by atoms with Crippen LogP contribution < -0.4 is 9.47 Å². The average Bonchev–Trinajstić information content (AvgIpc) is 2.55. The molecule has 8 nitrogen and oxygen atoms in total. The van der Waals surface area contributed by atoms with Crippen molar-refractivity contribution in [2.45, 2.75) is 13.5 Å². The van der Waals surface area contributed by atoms with Crippen molar-refractivity contribution in [3.8, 4) is 11.6 Å². The van der Waals surface area contributed by atoms with Gasteiger partial charge in [-0.1, -0.05) is 0 Å². The molecule has 1 heterocycles. The number of non-ortho nitro benzene ring substituents is 1. The number of rotatable bonds is 6. The lowest BCUT2D eigenvalue weighted by Crippen LogP contribution is -2.11. The Kier molecular flexibility index (Phi) is 5.45. The van der Waals surface area contributed by atoms with Crippen LogP contribution in [0.15, 0.2) is 42.6 Å². The predicted octanol–water partition coefficient (Wildman–Crippen LogP) is 3.10. The normalized spacial score (nSPS) is 9.96. The second-order valence-electron chi connectivity index (χ2n) is 4.29. The standard InChI is InChI=1S/C15H14N2O6/c1-2-21-14-11(4-3-9-16-14)10-22-15(18)23-13-7-5-12(6-8-13)17(19)20/h3-9H,2,10H2,1H3. The highest BCUT2D eigenvalue weighted by molar-refractivity contribution is 5.64. The van der Waals surface area contributed by atoms with E-state index in [2.05, 4.69) is 4.98 Å². The highest BCUT2D eigenvalue weighted by Gasteiger charge is 2.11. The molecule has 0 spiro atoms. The van der Waals surface area contributed by atoms with Gasteiger partial charge in [-0.3, -0.25) is 10.1 Å². The van der Waals surface area contributed by atoms with Crippen LogP contribution in [-0.4, -0.2) is 22.7 Å². The number of nitro groups is 1. The van der Waals surface area contributed by atoms with E-state index in [1.165, 1.54) is 24.3 Å². The Morgan fingerprint density at radius 1 is 1.26 bits per heavy atom. The van der Waals surface area contributed by atoms with Gasteiger partial charge in [0.05, 0.1) is 17.1 Å². The van der Waals surface area contributed by atoms with Crippen LogP contribution in [0.3, 0.4) is 0 Å². The van der Waals surface area contributed by atoms with Crippen molar-refractivity contribution in [1.29, 1.82) is 0 Å². The quantitative estimate of drug-likeness (QED) is 0.349. The first-order valence-electron chi connectivity index (χ1n) is 6.76. The van der Waals surface area contributed by atoms with Crippen molar-refractivity contribution in [3.63, 3.8) is 0 Å². The molecule has 0 aliphatic heterocycles. The molecule has 23 heavy (non-hydrogen) atoms. The highest BCUT2D eigenvalue weighted by Crippen LogP contribution is 2.19. The summed E-state index contributed by atoms with van der Waals surface area (Å²) in [5.74, 6) is 0.537. The molecule has 2 aromatic rings. The summed E-state index contributed by atoms with van der Waals surface area (Å²) in [4.78, 5) is 25.7. The van der Waals surface area contributed by atoms with E-state index in [9.17, 15) is 14.9 Å². The second kappa shape index (κ2) is 7.74. The van der Waals surface area contributed by atoms with Crippen LogP contribution in [0.4, 0.5) is 10.5 Å². The SMILES string of the molecule is CCOc1ncccc1COC(=O)Oc1ccc([N+](=O)[O-])cc1. The maximum absolute atomic E-state index is 11.6. The van der Waals surface area contributed by atoms with E-state index >= 15 is 0 Å². The summed E-state index contributed by atoms with van der Waals surface area (Å²) in [6.45, 7) is 2.20. The number of carbonyl (C=O) groups is 1. The largest absolute Gasteiger partial charge is 0.514 e. The van der Waals surface area contributed by atoms with Crippen molar-refractivity contribution in [2.24, 2.45) is 0 Å². The van der Waals surface area contributed by atoms with Crippen LogP contribution in [0.1, 0.15) is 12.5 Å². The third kappa shape index (κ3) is 4.67. The maximum Gasteiger partial charge on any atom is 0.514 e. The molecule has 2 rings (SSSR count). The number of hydrogen-bond donors (Lipinski definition) is 0. The van der Waals surface area contributed by atoms with Gasteiger partial charge in [0.15, 0.2) is 0 Å². The molecule has 0 fully saturated rings. The molecule has 0 atom stereocenters. The molecular formula is C15H14N2O6. The Hall–Kier alpha value is -3.16. The first kappa shape index (κ1) is 16.2. The molecule has 0 aliphatic rings. The van der Waals surface area contributed by atoms with Crippen molar-refractivity contribution in [3.05, 3.63) is 58.3 Å². The van der Waals surface area contributed by atoms with E-state index in [0.717, 1.165) is 0 Å². The highest BCUT2D eigenvalue weighted by atomic mass is 16.7. The number of pyridine rings is 1. The lowest BCUT2D eigenvalue weighted by molar-refractivity contribution is -0.384. The summed E-state index contributed by atoms with van der Waals surface area (Å²) in [7, 11) is 0. The zero-order chi connectivity index (χ0) is 16.7. The minimum Gasteiger partial charge on any atom is -0.478 e. The molecule has 1 aromatic heterocycles. The van der Waals surface area contributed by atoms with Gasteiger partial charge < -0.3 is 14.2 Å². The van der Waals surface area contributed by atoms with Crippen LogP contribution in [0.2, 0.25) is 0 Å². The minimum atomic E-state index is -0.926. The van der Waals surface area contributed by atoms with Crippen LogP contribution in [-0.2, 0) is 11.3 Å². The Bertz CT molecular complexity index is 687. The third-order valence-corrected chi connectivity index (χ3v) is 2.73. The molecule has 0 unspecified atom stereocenters. The number of nitrogens with zero attached hydrogens (tertiary/aromatic N) is 2. The van der Waals surface area contributed by atoms with E-state index < -0.39 is 11.1 Å². The summed E-state index contributed by atoms with van der Waals surface area (Å²) in [6, 6.07) is 8.51. The first-order valence-corrected chi connectivity index (χ1v) is 6.76. The molecule has 0 N–H and O–H groups in total. The topological polar surface area (TPSA) is 101 Å². The molecule has 0 radical (unpaired) electrons. The monoisotopic (exact) mass is 318 g/mol. The summed E-state index contributed by atoms with van der Waals surface area (Å²) >= 11 is 0. The molecule has 120 valence electrons. The van der Waals surface area contributed by atoms with E-state index in [1.807, 2.05) is 6.92 Å². The number of ether oxygens (including phenoxy) is 3. The van der Waals surface area contributed by atoms with Crippen molar-refractivity contribution in [2.75, 3.05) is 6.61 Å². The zero-order valence-electron chi connectivity index (χ0n) is 12.3. The Balaban J connectivity index is 1.91. The third-order valence-electron chi connectivity index (χ3n) is 2.73. The molecule has 8 heteroatoms. The van der Waals surface area contributed by atoms with Gasteiger partial charge in [0.1, 0.15) is 12.4 Å². The van der Waals surface area contributed by atoms with Gasteiger partial charge in [0.2, 0.25) is 5.88 Å². The summed E-state index contributed by atoms with van der Waals surface area (Å²) in [5.41, 5.74) is 0.512. The number of benzene rings is 1. The number of nitro benzene ring substituents is 1. The maximum atomic E-state index is 11.6. The first-order chi connectivity index (χ1) is 11.1. The van der Waals surface area contributed by atoms with Crippen LogP contribution in [0.5, 0.6) is 11.6 Å². The van der Waals surface area contributed by atoms with Crippen molar-refractivity contribution in [1.82, 2.24) is 4.98 Å². The van der Waals surface area contributed by atoms with Crippen LogP contribution in [0.25, 0.3) is 0 Å². The Morgan fingerprint density at radius 2 is 2.00 bits per heavy atom. The summed E-state index contributed by atoms with van der Waals surface area (Å²) in [5, 5.41) is 10.5. The molecule has 0 bridgehead atoms. The lowest BCUT2D eigenvalue weighted by atomic mass is 10.3. The van der Waals surface area contributed by atoms with Crippen molar-refractivity contribution < 1.29 is 23.9 Å². The van der Waals surface area contributed by atoms with E-state index in [-0.39, 0.29) is 18.0 Å². The number of hydrogen-bond acceptors (Lipinski definition) is 7. The summed E-state index contributed by atoms with van der Waals surface area (Å²) < 4.78 is 15.2. The van der Waals surface area contributed by atoms with Crippen LogP contribution in [0, 0.1) is 10.1 Å². The predicted molar refractivity (Wildman–Crippen MR) is 79.3 cm³/mol. The van der Waals surface area contributed by atoms with E-state index in [0.29, 0.717) is 18.1 Å². The van der Waals surface area contributed by atoms with Gasteiger partial charge in [-0.2, -0.15) is 0 Å². The van der Waals surface area contributed by atoms with Gasteiger partial charge >= 0.3 is 6.16 Å². The molecule has 0 aliphatic carbocycles. The molecule has 0 amide bonds. The molecule has 0 saturated heterocycles. The van der Waals surface area contributed by atoms with E-state index in [1.54, 1.807) is 18.3 Å². The van der Waals surface area contributed by atoms with E-state index in [4.69, 9.17) is 14.2 Å². The summed E-state index contributed by atoms with van der Waals surface area (Å²) in [6.07, 6.45) is 0.647. The fourth-order valence-electron chi connectivity index (χ4n) is 1.70. The van der Waals surface area contributed by atoms with Gasteiger partial charge in [0, 0.05) is 18.3 Å². The van der Waals surface area contributed by atoms with Gasteiger partial charge in [-0.15, -0.1) is 0 Å². The number of carbonyl (C=O) groups excluding carboxylic acids is 1. The fraction of sp³-hybridized carbons (Fsp3) is 0.200. The zero-order valence-corrected chi connectivity index (χ0v) is 12.3. The molecule has 1 aromatic carbocycles. The Labute approximate surface area is 131 Å². The van der Waals surface area contributed by atoms with Crippen LogP contribution >= 0.6 is 0 Å². The average molecular weight is 318 g/mol.